The summed E-state index contributed by atoms with van der Waals surface area (Å²) in [6.07, 6.45) is 2.05. The maximum atomic E-state index is 12.8. The molecular formula is C27H26N4O4. The second-order valence-corrected chi connectivity index (χ2v) is 8.72. The molecule has 8 nitrogen and oxygen atoms in total. The fourth-order valence-electron chi connectivity index (χ4n) is 4.64. The third-order valence-electron chi connectivity index (χ3n) is 6.45. The molecule has 2 aromatic carbocycles. The van der Waals surface area contributed by atoms with E-state index in [-0.39, 0.29) is 34.4 Å². The molecule has 2 atom stereocenters. The van der Waals surface area contributed by atoms with Crippen molar-refractivity contribution in [1.82, 2.24) is 14.8 Å². The Morgan fingerprint density at radius 2 is 1.83 bits per heavy atom. The van der Waals surface area contributed by atoms with Gasteiger partial charge in [0.15, 0.2) is 5.76 Å². The number of rotatable bonds is 7. The van der Waals surface area contributed by atoms with Gasteiger partial charge in [0.2, 0.25) is 0 Å². The van der Waals surface area contributed by atoms with Crippen molar-refractivity contribution in [2.45, 2.75) is 32.1 Å². The molecule has 2 aromatic heterocycles. The summed E-state index contributed by atoms with van der Waals surface area (Å²) in [5, 5.41) is 14.1. The maximum absolute atomic E-state index is 12.8. The van der Waals surface area contributed by atoms with E-state index < -0.39 is 0 Å². The Bertz CT molecular complexity index is 1330. The van der Waals surface area contributed by atoms with E-state index in [4.69, 9.17) is 4.42 Å². The van der Waals surface area contributed by atoms with Crippen LogP contribution >= 0.6 is 0 Å². The number of amides is 1. The number of carbonyl (C=O) groups excluding carboxylic acids is 1. The van der Waals surface area contributed by atoms with Gasteiger partial charge in [0.1, 0.15) is 5.76 Å². The Labute approximate surface area is 202 Å². The first-order valence-corrected chi connectivity index (χ1v) is 11.6. The van der Waals surface area contributed by atoms with Crippen LogP contribution in [0.2, 0.25) is 0 Å². The predicted octanol–water partition coefficient (Wildman–Crippen LogP) is 5.09. The zero-order valence-electron chi connectivity index (χ0n) is 19.3. The van der Waals surface area contributed by atoms with Crippen LogP contribution in [0, 0.1) is 10.1 Å². The van der Waals surface area contributed by atoms with E-state index in [2.05, 4.69) is 20.9 Å². The summed E-state index contributed by atoms with van der Waals surface area (Å²) in [6.45, 7) is 4.05. The molecule has 5 rings (SSSR count). The van der Waals surface area contributed by atoms with E-state index in [9.17, 15) is 14.9 Å². The van der Waals surface area contributed by atoms with Crippen molar-refractivity contribution in [3.8, 4) is 0 Å². The first-order valence-electron chi connectivity index (χ1n) is 11.6. The number of benzene rings is 2. The fraction of sp³-hybridized carbons (Fsp3) is 0.222. The Hall–Kier alpha value is -4.17. The van der Waals surface area contributed by atoms with Crippen LogP contribution < -0.4 is 5.32 Å². The normalized spacial score (nSPS) is 16.4. The van der Waals surface area contributed by atoms with Crippen LogP contribution in [0.1, 0.15) is 52.1 Å². The van der Waals surface area contributed by atoms with Crippen LogP contribution in [0.3, 0.4) is 0 Å². The molecule has 8 heteroatoms. The number of nitrogens with one attached hydrogen (secondary N) is 1. The molecule has 3 heterocycles. The van der Waals surface area contributed by atoms with E-state index in [0.29, 0.717) is 12.3 Å². The summed E-state index contributed by atoms with van der Waals surface area (Å²) in [4.78, 5) is 25.7. The number of carbonyl (C=O) groups is 1. The lowest BCUT2D eigenvalue weighted by Crippen LogP contribution is -2.37. The van der Waals surface area contributed by atoms with Crippen molar-refractivity contribution in [1.29, 1.82) is 0 Å². The SMILES string of the molecule is CC(NC(=O)c1ccc(CN2CCn3cccc3C2c2ccc([N+](=O)[O-])cc2)o1)c1ccccc1. The van der Waals surface area contributed by atoms with Gasteiger partial charge in [-0.3, -0.25) is 19.8 Å². The molecule has 1 N–H and O–H groups in total. The molecule has 1 aliphatic rings. The molecular weight excluding hydrogens is 444 g/mol. The lowest BCUT2D eigenvalue weighted by molar-refractivity contribution is -0.384. The Morgan fingerprint density at radius 3 is 2.57 bits per heavy atom. The molecule has 0 saturated carbocycles. The minimum Gasteiger partial charge on any atom is -0.455 e. The Balaban J connectivity index is 1.33. The van der Waals surface area contributed by atoms with Crippen LogP contribution in [-0.2, 0) is 13.1 Å². The summed E-state index contributed by atoms with van der Waals surface area (Å²) in [5.74, 6) is 0.705. The maximum Gasteiger partial charge on any atom is 0.287 e. The minimum absolute atomic E-state index is 0.0675. The average molecular weight is 471 g/mol. The number of hydrogen-bond acceptors (Lipinski definition) is 5. The number of non-ortho nitro benzene ring substituents is 1. The Kier molecular flexibility index (Phi) is 6.20. The van der Waals surface area contributed by atoms with Crippen LogP contribution in [0.5, 0.6) is 0 Å². The van der Waals surface area contributed by atoms with Gasteiger partial charge in [0.25, 0.3) is 11.6 Å². The highest BCUT2D eigenvalue weighted by molar-refractivity contribution is 5.91. The van der Waals surface area contributed by atoms with Crippen molar-refractivity contribution in [2.24, 2.45) is 0 Å². The third-order valence-corrected chi connectivity index (χ3v) is 6.45. The highest BCUT2D eigenvalue weighted by Crippen LogP contribution is 2.34. The van der Waals surface area contributed by atoms with Gasteiger partial charge in [-0.15, -0.1) is 0 Å². The van der Waals surface area contributed by atoms with Gasteiger partial charge in [-0.05, 0) is 42.3 Å². The quantitative estimate of drug-likeness (QED) is 0.300. The number of nitro groups is 1. The average Bonchev–Trinajstić information content (AvgIpc) is 3.54. The minimum atomic E-state index is -0.390. The second-order valence-electron chi connectivity index (χ2n) is 8.72. The fourth-order valence-corrected chi connectivity index (χ4v) is 4.64. The smallest absolute Gasteiger partial charge is 0.287 e. The molecule has 1 aliphatic heterocycles. The topological polar surface area (TPSA) is 93.5 Å². The summed E-state index contributed by atoms with van der Waals surface area (Å²) in [6, 6.07) is 23.9. The molecule has 0 saturated heterocycles. The lowest BCUT2D eigenvalue weighted by atomic mass is 9.99. The zero-order valence-corrected chi connectivity index (χ0v) is 19.3. The highest BCUT2D eigenvalue weighted by Gasteiger charge is 2.30. The molecule has 0 spiro atoms. The van der Waals surface area contributed by atoms with Crippen molar-refractivity contribution in [3.63, 3.8) is 0 Å². The monoisotopic (exact) mass is 470 g/mol. The number of hydrogen-bond donors (Lipinski definition) is 1. The zero-order chi connectivity index (χ0) is 24.4. The molecule has 0 radical (unpaired) electrons. The van der Waals surface area contributed by atoms with E-state index in [1.807, 2.05) is 67.7 Å². The Morgan fingerprint density at radius 1 is 1.06 bits per heavy atom. The standard InChI is InChI=1S/C27H26N4O4/c1-19(20-6-3-2-4-7-20)28-27(32)25-14-13-23(35-25)18-30-17-16-29-15-5-8-24(29)26(30)21-9-11-22(12-10-21)31(33)34/h2-15,19,26H,16-18H2,1H3,(H,28,32). The molecule has 1 amide bonds. The molecule has 178 valence electrons. The highest BCUT2D eigenvalue weighted by atomic mass is 16.6. The first kappa shape index (κ1) is 22.6. The van der Waals surface area contributed by atoms with Crippen molar-refractivity contribution in [2.75, 3.05) is 6.54 Å². The van der Waals surface area contributed by atoms with Gasteiger partial charge < -0.3 is 14.3 Å². The summed E-state index contributed by atoms with van der Waals surface area (Å²) in [5.41, 5.74) is 3.18. The predicted molar refractivity (Wildman–Crippen MR) is 131 cm³/mol. The number of aromatic nitrogens is 1. The number of nitrogens with zero attached hydrogens (tertiary/aromatic N) is 3. The largest absolute Gasteiger partial charge is 0.455 e. The summed E-state index contributed by atoms with van der Waals surface area (Å²) in [7, 11) is 0. The molecule has 0 bridgehead atoms. The molecule has 2 unspecified atom stereocenters. The van der Waals surface area contributed by atoms with Gasteiger partial charge in [-0.25, -0.2) is 0 Å². The first-order chi connectivity index (χ1) is 17.0. The van der Waals surface area contributed by atoms with Crippen molar-refractivity contribution in [3.05, 3.63) is 124 Å². The summed E-state index contributed by atoms with van der Waals surface area (Å²) >= 11 is 0. The van der Waals surface area contributed by atoms with E-state index >= 15 is 0 Å². The van der Waals surface area contributed by atoms with Crippen LogP contribution in [0.25, 0.3) is 0 Å². The van der Waals surface area contributed by atoms with Gasteiger partial charge in [0, 0.05) is 37.1 Å². The molecule has 0 fully saturated rings. The van der Waals surface area contributed by atoms with Crippen LogP contribution in [0.4, 0.5) is 5.69 Å². The summed E-state index contributed by atoms with van der Waals surface area (Å²) < 4.78 is 8.14. The van der Waals surface area contributed by atoms with E-state index in [1.54, 1.807) is 18.2 Å². The van der Waals surface area contributed by atoms with E-state index in [1.165, 1.54) is 0 Å². The second kappa shape index (κ2) is 9.60. The lowest BCUT2D eigenvalue weighted by Gasteiger charge is -2.36. The van der Waals surface area contributed by atoms with Crippen LogP contribution in [-0.4, -0.2) is 26.8 Å². The third kappa shape index (κ3) is 4.74. The van der Waals surface area contributed by atoms with Gasteiger partial charge >= 0.3 is 0 Å². The van der Waals surface area contributed by atoms with Gasteiger partial charge in [-0.2, -0.15) is 0 Å². The number of furan rings is 1. The van der Waals surface area contributed by atoms with Crippen molar-refractivity contribution < 1.29 is 14.1 Å². The number of fused-ring (bicyclic) bond motifs is 1. The van der Waals surface area contributed by atoms with Gasteiger partial charge in [0.05, 0.1) is 23.6 Å². The van der Waals surface area contributed by atoms with Gasteiger partial charge in [-0.1, -0.05) is 42.5 Å². The van der Waals surface area contributed by atoms with Crippen LogP contribution in [0.15, 0.2) is 89.5 Å². The van der Waals surface area contributed by atoms with Crippen molar-refractivity contribution >= 4 is 11.6 Å². The molecule has 0 aliphatic carbocycles. The molecule has 35 heavy (non-hydrogen) atoms. The van der Waals surface area contributed by atoms with E-state index in [0.717, 1.165) is 29.9 Å². The molecule has 4 aromatic rings. The number of nitro benzene ring substituents is 1.